The lowest BCUT2D eigenvalue weighted by Crippen LogP contribution is -2.56. The molecule has 0 bridgehead atoms. The van der Waals surface area contributed by atoms with Crippen LogP contribution in [0.1, 0.15) is 228 Å². The van der Waals surface area contributed by atoms with Gasteiger partial charge in [-0.05, 0) is 101 Å². The van der Waals surface area contributed by atoms with Crippen molar-refractivity contribution < 1.29 is 33.9 Å². The van der Waals surface area contributed by atoms with Crippen LogP contribution in [-0.4, -0.2) is 99.3 Å². The molecule has 2 aromatic heterocycles. The molecule has 5 amide bonds. The lowest BCUT2D eigenvalue weighted by atomic mass is 9.87. The Morgan fingerprint density at radius 2 is 1.06 bits per heavy atom. The smallest absolute Gasteiger partial charge is 0.326 e. The van der Waals surface area contributed by atoms with Gasteiger partial charge in [0.1, 0.15) is 6.04 Å². The molecular weight excluding hydrogens is 1040 g/mol. The van der Waals surface area contributed by atoms with Crippen LogP contribution < -0.4 is 43.6 Å². The van der Waals surface area contributed by atoms with Gasteiger partial charge in [0.25, 0.3) is 11.5 Å². The number of carbonyl (C=O) groups excluding carboxylic acids is 5. The van der Waals surface area contributed by atoms with Gasteiger partial charge in [0.15, 0.2) is 11.2 Å². The Morgan fingerprint density at radius 1 is 0.598 bits per heavy atom. The largest absolute Gasteiger partial charge is 0.480 e. The van der Waals surface area contributed by atoms with Crippen LogP contribution in [-0.2, 0) is 36.8 Å². The molecule has 3 aromatic rings. The van der Waals surface area contributed by atoms with Gasteiger partial charge >= 0.3 is 5.97 Å². The number of hydrogen-bond donors (Lipinski definition) is 9. The average molecular weight is 1140 g/mol. The number of H-pyrrole nitrogens is 1. The number of nitrogens with two attached hydrogens (primary N) is 2. The van der Waals surface area contributed by atoms with Gasteiger partial charge in [0.2, 0.25) is 29.6 Å². The Balaban J connectivity index is 1.43. The van der Waals surface area contributed by atoms with Crippen molar-refractivity contribution in [3.63, 3.8) is 0 Å². The Morgan fingerprint density at radius 3 is 1.55 bits per heavy atom. The van der Waals surface area contributed by atoms with E-state index in [1.807, 2.05) is 0 Å². The van der Waals surface area contributed by atoms with Crippen LogP contribution in [0.25, 0.3) is 11.2 Å². The number of carboxylic acid groups (broad SMARTS) is 1. The molecule has 0 fully saturated rings. The second kappa shape index (κ2) is 43.2. The standard InChI is InChI=1S/C63H101N11O8/c1-3-5-7-9-11-13-15-17-19-21-23-25-27-29-31-33-53(75)68-46-63(45-64,47-69-54(76)34-32-30-28-26-24-22-20-18-16-14-12-10-8-6-4-2)48-70-56(78)44-66-55(77)42-41-52(61(81)82)72-59(79)50-38-35-49(36-39-50)37-40-51-43-67-58-57(71-51)60(80)74-62(65)73-58/h17-20,35-36,38-39,43,52H,3-16,21-34,37,40-42,44-48,64H2,1-2H3,(H,66,77)(H,68,75)(H,69,76)(H,70,78)(H,72,79)(H,81,82)(H3,65,67,73,74,80)/b19-17-,20-18-/t52-/m0/s1. The fourth-order valence-corrected chi connectivity index (χ4v) is 9.44. The van der Waals surface area contributed by atoms with Crippen LogP contribution in [0.4, 0.5) is 5.95 Å². The van der Waals surface area contributed by atoms with Crippen molar-refractivity contribution in [2.75, 3.05) is 38.5 Å². The van der Waals surface area contributed by atoms with E-state index in [1.54, 1.807) is 24.3 Å². The lowest BCUT2D eigenvalue weighted by Gasteiger charge is -2.33. The number of aryl methyl sites for hydroxylation is 2. The summed E-state index contributed by atoms with van der Waals surface area (Å²) in [5.74, 6) is -3.44. The fourth-order valence-electron chi connectivity index (χ4n) is 9.44. The van der Waals surface area contributed by atoms with Crippen molar-refractivity contribution in [3.8, 4) is 0 Å². The fraction of sp³-hybridized carbons (Fsp3) is 0.651. The number of carbonyl (C=O) groups is 6. The van der Waals surface area contributed by atoms with Crippen LogP contribution in [0.2, 0.25) is 0 Å². The third-order valence-corrected chi connectivity index (χ3v) is 14.8. The van der Waals surface area contributed by atoms with Crippen LogP contribution in [0, 0.1) is 5.41 Å². The first-order valence-electron chi connectivity index (χ1n) is 31.0. The first-order valence-corrected chi connectivity index (χ1v) is 31.0. The molecule has 0 saturated carbocycles. The number of rotatable bonds is 48. The second-order valence-electron chi connectivity index (χ2n) is 22.1. The number of carboxylic acids is 1. The Kier molecular flexibility index (Phi) is 36.8. The summed E-state index contributed by atoms with van der Waals surface area (Å²) in [6, 6.07) is 5.16. The summed E-state index contributed by atoms with van der Waals surface area (Å²) in [5.41, 5.74) is 12.4. The number of fused-ring (bicyclic) bond motifs is 1. The van der Waals surface area contributed by atoms with Crippen molar-refractivity contribution in [1.29, 1.82) is 0 Å². The molecule has 0 unspecified atom stereocenters. The quantitative estimate of drug-likeness (QED) is 0.0188. The van der Waals surface area contributed by atoms with Crippen LogP contribution in [0.15, 0.2) is 59.6 Å². The molecule has 19 nitrogen and oxygen atoms in total. The predicted molar refractivity (Wildman–Crippen MR) is 327 cm³/mol. The van der Waals surface area contributed by atoms with E-state index in [4.69, 9.17) is 11.5 Å². The molecule has 11 N–H and O–H groups in total. The number of amides is 5. The van der Waals surface area contributed by atoms with Gasteiger partial charge in [-0.1, -0.05) is 153 Å². The predicted octanol–water partition coefficient (Wildman–Crippen LogP) is 9.53. The Hall–Kier alpha value is -6.50. The van der Waals surface area contributed by atoms with Gasteiger partial charge in [-0.25, -0.2) is 14.8 Å². The van der Waals surface area contributed by atoms with E-state index >= 15 is 0 Å². The minimum atomic E-state index is -1.39. The van der Waals surface area contributed by atoms with Crippen LogP contribution in [0.3, 0.4) is 0 Å². The van der Waals surface area contributed by atoms with E-state index in [9.17, 15) is 38.7 Å². The number of unbranched alkanes of at least 4 members (excludes halogenated alkanes) is 22. The third-order valence-electron chi connectivity index (χ3n) is 14.8. The van der Waals surface area contributed by atoms with Crippen molar-refractivity contribution >= 4 is 52.6 Å². The first-order chi connectivity index (χ1) is 39.8. The second-order valence-corrected chi connectivity index (χ2v) is 22.1. The molecule has 1 aromatic carbocycles. The number of nitrogens with one attached hydrogen (secondary N) is 6. The molecule has 0 saturated heterocycles. The minimum Gasteiger partial charge on any atom is -0.480 e. The molecule has 82 heavy (non-hydrogen) atoms. The van der Waals surface area contributed by atoms with E-state index in [0.29, 0.717) is 31.4 Å². The van der Waals surface area contributed by atoms with E-state index in [1.165, 1.54) is 83.2 Å². The first kappa shape index (κ1) is 69.8. The van der Waals surface area contributed by atoms with Gasteiger partial charge < -0.3 is 43.2 Å². The number of anilines is 1. The molecule has 0 spiro atoms. The zero-order valence-electron chi connectivity index (χ0n) is 49.7. The van der Waals surface area contributed by atoms with Crippen molar-refractivity contribution in [3.05, 3.63) is 81.9 Å². The number of nitrogens with zero attached hydrogens (tertiary/aromatic N) is 3. The molecule has 0 aliphatic rings. The Labute approximate surface area is 488 Å². The lowest BCUT2D eigenvalue weighted by molar-refractivity contribution is -0.139. The van der Waals surface area contributed by atoms with E-state index in [0.717, 1.165) is 95.5 Å². The molecule has 19 heteroatoms. The number of aromatic nitrogens is 4. The van der Waals surface area contributed by atoms with E-state index in [2.05, 4.69) is 84.7 Å². The van der Waals surface area contributed by atoms with Crippen molar-refractivity contribution in [2.45, 2.75) is 225 Å². The number of allylic oxidation sites excluding steroid dienone is 4. The summed E-state index contributed by atoms with van der Waals surface area (Å²) in [6.45, 7) is 4.33. The highest BCUT2D eigenvalue weighted by atomic mass is 16.4. The van der Waals surface area contributed by atoms with Crippen molar-refractivity contribution in [2.24, 2.45) is 11.1 Å². The zero-order chi connectivity index (χ0) is 59.5. The molecule has 0 aliphatic carbocycles. The Bertz CT molecular complexity index is 2390. The monoisotopic (exact) mass is 1140 g/mol. The van der Waals surface area contributed by atoms with Gasteiger partial charge in [-0.3, -0.25) is 33.8 Å². The maximum Gasteiger partial charge on any atom is 0.326 e. The maximum absolute atomic E-state index is 13.2. The summed E-state index contributed by atoms with van der Waals surface area (Å²) in [4.78, 5) is 105. The summed E-state index contributed by atoms with van der Waals surface area (Å²) in [6.07, 6.45) is 42.0. The van der Waals surface area contributed by atoms with Gasteiger partial charge in [-0.2, -0.15) is 4.98 Å². The summed E-state index contributed by atoms with van der Waals surface area (Å²) in [5, 5.41) is 23.7. The van der Waals surface area contributed by atoms with E-state index < -0.39 is 47.3 Å². The molecular formula is C63H101N11O8. The highest BCUT2D eigenvalue weighted by Crippen LogP contribution is 2.17. The van der Waals surface area contributed by atoms with Crippen LogP contribution in [0.5, 0.6) is 0 Å². The SMILES string of the molecule is CCCCCCCC/C=C\CCCCCCCC(=O)NCC(CN)(CNC(=O)CCCCCCC/C=C\CCCCCCCC)CNC(=O)CNC(=O)CC[C@H](NC(=O)c1ccc(CCc2cnc3nc(N)[nH]c(=O)c3n2)cc1)C(=O)O. The summed E-state index contributed by atoms with van der Waals surface area (Å²) in [7, 11) is 0. The minimum absolute atomic E-state index is 0.00323. The molecule has 2 heterocycles. The number of aliphatic carboxylic acids is 1. The molecule has 0 radical (unpaired) electrons. The topological polar surface area (TPSA) is 306 Å². The maximum atomic E-state index is 13.2. The van der Waals surface area contributed by atoms with E-state index in [-0.39, 0.29) is 73.5 Å². The number of nitrogen functional groups attached to an aromatic ring is 1. The molecule has 456 valence electrons. The molecule has 3 rings (SSSR count). The van der Waals surface area contributed by atoms with Gasteiger partial charge in [0, 0.05) is 56.4 Å². The van der Waals surface area contributed by atoms with Crippen molar-refractivity contribution in [1.82, 2.24) is 46.5 Å². The van der Waals surface area contributed by atoms with Gasteiger partial charge in [0.05, 0.1) is 18.4 Å². The highest BCUT2D eigenvalue weighted by Gasteiger charge is 2.31. The zero-order valence-corrected chi connectivity index (χ0v) is 49.7. The average Bonchev–Trinajstić information content (AvgIpc) is 3.49. The highest BCUT2D eigenvalue weighted by molar-refractivity contribution is 5.96. The third kappa shape index (κ3) is 31.6. The summed E-state index contributed by atoms with van der Waals surface area (Å²) < 4.78 is 0. The molecule has 0 aliphatic heterocycles. The number of aromatic amines is 1. The van der Waals surface area contributed by atoms with Gasteiger partial charge in [-0.15, -0.1) is 0 Å². The molecule has 1 atom stereocenters. The van der Waals surface area contributed by atoms with Crippen LogP contribution >= 0.6 is 0 Å². The number of benzene rings is 1. The normalized spacial score (nSPS) is 12.0. The number of hydrogen-bond acceptors (Lipinski definition) is 12. The summed E-state index contributed by atoms with van der Waals surface area (Å²) >= 11 is 0.